The van der Waals surface area contributed by atoms with Crippen molar-refractivity contribution in [1.29, 1.82) is 0 Å². The number of aromatic hydroxyl groups is 1. The van der Waals surface area contributed by atoms with Crippen LogP contribution in [-0.4, -0.2) is 85.0 Å². The van der Waals surface area contributed by atoms with Crippen LogP contribution in [0.4, 0.5) is 11.8 Å². The Hall–Kier alpha value is -4.25. The summed E-state index contributed by atoms with van der Waals surface area (Å²) in [4.78, 5) is 31.9. The molecule has 2 saturated carbocycles. The summed E-state index contributed by atoms with van der Waals surface area (Å²) in [5.74, 6) is 1.17. The van der Waals surface area contributed by atoms with E-state index in [1.807, 2.05) is 30.5 Å². The molecule has 0 radical (unpaired) electrons. The molecule has 1 atom stereocenters. The second kappa shape index (κ2) is 11.0. The fraction of sp³-hybridized carbons (Fsp3) is 0.500. The summed E-state index contributed by atoms with van der Waals surface area (Å²) in [5.41, 5.74) is 4.71. The first-order valence-corrected chi connectivity index (χ1v) is 16.4. The molecule has 1 spiro atoms. The number of hydrogen-bond donors (Lipinski definition) is 3. The molecule has 2 aliphatic carbocycles. The zero-order chi connectivity index (χ0) is 30.7. The number of nitrogens with one attached hydrogen (secondary N) is 1. The molecule has 3 fully saturated rings. The summed E-state index contributed by atoms with van der Waals surface area (Å²) < 4.78 is 0. The molecule has 4 aliphatic rings. The Balaban J connectivity index is 0.945. The van der Waals surface area contributed by atoms with Gasteiger partial charge in [0.1, 0.15) is 11.6 Å². The second-order valence-corrected chi connectivity index (χ2v) is 13.6. The van der Waals surface area contributed by atoms with Crippen molar-refractivity contribution >= 4 is 28.8 Å². The molecule has 5 heterocycles. The summed E-state index contributed by atoms with van der Waals surface area (Å²) >= 11 is 0. The predicted molar refractivity (Wildman–Crippen MR) is 171 cm³/mol. The number of para-hydroxylation sites is 1. The maximum Gasteiger partial charge on any atom is 0.306 e. The Morgan fingerprint density at radius 1 is 1.02 bits per heavy atom. The van der Waals surface area contributed by atoms with Crippen LogP contribution >= 0.6 is 0 Å². The van der Waals surface area contributed by atoms with Gasteiger partial charge in [-0.3, -0.25) is 9.69 Å². The molecular weight excluding hydrogens is 568 g/mol. The van der Waals surface area contributed by atoms with Gasteiger partial charge >= 0.3 is 5.97 Å². The lowest BCUT2D eigenvalue weighted by Gasteiger charge is -2.52. The Morgan fingerprint density at radius 2 is 1.80 bits per heavy atom. The van der Waals surface area contributed by atoms with Crippen molar-refractivity contribution < 1.29 is 15.0 Å². The number of nitrogens with zero attached hydrogens (tertiary/aromatic N) is 7. The van der Waals surface area contributed by atoms with Gasteiger partial charge in [-0.25, -0.2) is 4.98 Å². The summed E-state index contributed by atoms with van der Waals surface area (Å²) in [5, 5.41) is 29.6. The summed E-state index contributed by atoms with van der Waals surface area (Å²) in [7, 11) is 0. The third-order valence-corrected chi connectivity index (χ3v) is 11.1. The molecule has 11 heteroatoms. The van der Waals surface area contributed by atoms with E-state index in [4.69, 9.17) is 9.97 Å². The first kappa shape index (κ1) is 28.2. The standard InChI is InChI=1S/C34H40N8O3/c1-21-30-25-18-27(24-4-2-3-5-28(24)43)38-39-31(25)36-26(30)9-13-42(21)33-35-12-8-29(37-33)41-16-14-40(15-17-41)23-6-10-34(11-7-23)19-22(20-34)32(44)45/h2-5,8,12,18,21-23,43H,6-7,9-11,13-17,19-20H2,1H3,(H,36,39)(H,44,45)/t21-,22?,23?,34?/m1/s1. The highest BCUT2D eigenvalue weighted by Gasteiger charge is 2.49. The van der Waals surface area contributed by atoms with E-state index >= 15 is 0 Å². The minimum atomic E-state index is -0.613. The Bertz CT molecular complexity index is 1730. The molecule has 45 heavy (non-hydrogen) atoms. The van der Waals surface area contributed by atoms with Gasteiger partial charge < -0.3 is 25.0 Å². The largest absolute Gasteiger partial charge is 0.507 e. The van der Waals surface area contributed by atoms with Crippen molar-refractivity contribution in [3.8, 4) is 17.0 Å². The van der Waals surface area contributed by atoms with E-state index in [0.717, 1.165) is 80.5 Å². The number of rotatable bonds is 5. The van der Waals surface area contributed by atoms with Crippen molar-refractivity contribution in [1.82, 2.24) is 30.0 Å². The van der Waals surface area contributed by atoms with Crippen LogP contribution in [0.15, 0.2) is 42.6 Å². The van der Waals surface area contributed by atoms with Crippen molar-refractivity contribution in [3.63, 3.8) is 0 Å². The van der Waals surface area contributed by atoms with Gasteiger partial charge in [0.05, 0.1) is 17.7 Å². The fourth-order valence-corrected chi connectivity index (χ4v) is 8.53. The zero-order valence-electron chi connectivity index (χ0n) is 25.7. The van der Waals surface area contributed by atoms with Crippen LogP contribution < -0.4 is 9.80 Å². The number of phenolic OH excluding ortho intramolecular Hbond substituents is 1. The van der Waals surface area contributed by atoms with Crippen molar-refractivity contribution in [2.45, 2.75) is 64.0 Å². The van der Waals surface area contributed by atoms with Crippen LogP contribution in [0.1, 0.15) is 62.7 Å². The number of anilines is 2. The highest BCUT2D eigenvalue weighted by Crippen LogP contribution is 2.55. The highest BCUT2D eigenvalue weighted by atomic mass is 16.4. The predicted octanol–water partition coefficient (Wildman–Crippen LogP) is 4.79. The number of H-pyrrole nitrogens is 1. The van der Waals surface area contributed by atoms with Gasteiger partial charge in [-0.05, 0) is 75.1 Å². The van der Waals surface area contributed by atoms with Crippen LogP contribution in [0.2, 0.25) is 0 Å². The number of aromatic amines is 1. The Morgan fingerprint density at radius 3 is 2.56 bits per heavy atom. The van der Waals surface area contributed by atoms with Gasteiger partial charge in [0.2, 0.25) is 5.95 Å². The molecule has 1 saturated heterocycles. The number of aromatic nitrogens is 5. The SMILES string of the molecule is C[C@@H]1c2c([nH]c3nnc(-c4ccccc4O)cc23)CCN1c1nccc(N2CCN(C3CCC4(CC3)CC(C(=O)O)C4)CC2)n1. The monoisotopic (exact) mass is 608 g/mol. The van der Waals surface area contributed by atoms with E-state index in [1.165, 1.54) is 31.2 Å². The smallest absolute Gasteiger partial charge is 0.306 e. The Labute approximate surface area is 262 Å². The van der Waals surface area contributed by atoms with Crippen molar-refractivity contribution in [3.05, 3.63) is 53.9 Å². The molecule has 0 unspecified atom stereocenters. The van der Waals surface area contributed by atoms with E-state index in [2.05, 4.69) is 36.8 Å². The molecule has 11 nitrogen and oxygen atoms in total. The number of carboxylic acid groups (broad SMARTS) is 1. The lowest BCUT2D eigenvalue weighted by atomic mass is 9.55. The molecule has 0 amide bonds. The normalized spacial score (nSPS) is 27.0. The lowest BCUT2D eigenvalue weighted by molar-refractivity contribution is -0.152. The van der Waals surface area contributed by atoms with Gasteiger partial charge in [0, 0.05) is 73.6 Å². The molecule has 0 bridgehead atoms. The number of hydrogen-bond acceptors (Lipinski definition) is 9. The maximum absolute atomic E-state index is 11.3. The van der Waals surface area contributed by atoms with E-state index in [0.29, 0.717) is 22.7 Å². The maximum atomic E-state index is 11.3. The molecule has 3 aromatic heterocycles. The van der Waals surface area contributed by atoms with Crippen LogP contribution in [0.5, 0.6) is 5.75 Å². The van der Waals surface area contributed by atoms with Crippen LogP contribution in [0, 0.1) is 11.3 Å². The third-order valence-electron chi connectivity index (χ3n) is 11.1. The van der Waals surface area contributed by atoms with Gasteiger partial charge in [-0.2, -0.15) is 4.98 Å². The quantitative estimate of drug-likeness (QED) is 0.290. The molecular formula is C34H40N8O3. The fourth-order valence-electron chi connectivity index (χ4n) is 8.53. The molecule has 234 valence electrons. The number of phenols is 1. The number of piperazine rings is 1. The number of fused-ring (bicyclic) bond motifs is 3. The van der Waals surface area contributed by atoms with Gasteiger partial charge in [0.25, 0.3) is 0 Å². The summed E-state index contributed by atoms with van der Waals surface area (Å²) in [6.45, 7) is 6.92. The minimum absolute atomic E-state index is 0.0343. The summed E-state index contributed by atoms with van der Waals surface area (Å²) in [6, 6.07) is 11.9. The van der Waals surface area contributed by atoms with Crippen LogP contribution in [-0.2, 0) is 11.2 Å². The van der Waals surface area contributed by atoms with Crippen LogP contribution in [0.25, 0.3) is 22.3 Å². The highest BCUT2D eigenvalue weighted by molar-refractivity contribution is 5.86. The molecule has 4 aromatic rings. The van der Waals surface area contributed by atoms with Crippen LogP contribution in [0.3, 0.4) is 0 Å². The number of carbonyl (C=O) groups is 1. The van der Waals surface area contributed by atoms with E-state index < -0.39 is 5.97 Å². The molecule has 1 aromatic carbocycles. The second-order valence-electron chi connectivity index (χ2n) is 13.6. The van der Waals surface area contributed by atoms with E-state index in [1.54, 1.807) is 12.1 Å². The Kier molecular flexibility index (Phi) is 6.89. The number of aliphatic carboxylic acids is 1. The third kappa shape index (κ3) is 4.97. The summed E-state index contributed by atoms with van der Waals surface area (Å²) in [6.07, 6.45) is 9.18. The van der Waals surface area contributed by atoms with Gasteiger partial charge in [0.15, 0.2) is 5.65 Å². The first-order valence-electron chi connectivity index (χ1n) is 16.4. The minimum Gasteiger partial charge on any atom is -0.507 e. The van der Waals surface area contributed by atoms with Gasteiger partial charge in [-0.15, -0.1) is 10.2 Å². The average molecular weight is 609 g/mol. The number of carboxylic acids is 1. The first-order chi connectivity index (χ1) is 21.9. The molecule has 3 N–H and O–H groups in total. The topological polar surface area (TPSA) is 135 Å². The van der Waals surface area contributed by atoms with Crippen molar-refractivity contribution in [2.75, 3.05) is 42.5 Å². The molecule has 8 rings (SSSR count). The van der Waals surface area contributed by atoms with E-state index in [9.17, 15) is 15.0 Å². The van der Waals surface area contributed by atoms with E-state index in [-0.39, 0.29) is 17.7 Å². The average Bonchev–Trinajstić information content (AvgIpc) is 3.43. The molecule has 2 aliphatic heterocycles. The zero-order valence-corrected chi connectivity index (χ0v) is 25.7. The lowest BCUT2D eigenvalue weighted by Crippen LogP contribution is -2.53. The van der Waals surface area contributed by atoms with Crippen molar-refractivity contribution in [2.24, 2.45) is 11.3 Å². The number of benzene rings is 1. The van der Waals surface area contributed by atoms with Gasteiger partial charge in [-0.1, -0.05) is 12.1 Å².